The molecule has 1 aliphatic heterocycles. The van der Waals surface area contributed by atoms with Crippen molar-refractivity contribution in [3.05, 3.63) is 17.7 Å². The topological polar surface area (TPSA) is 40.7 Å². The van der Waals surface area contributed by atoms with Gasteiger partial charge in [0.15, 0.2) is 0 Å². The van der Waals surface area contributed by atoms with Gasteiger partial charge in [0.2, 0.25) is 0 Å². The lowest BCUT2D eigenvalue weighted by molar-refractivity contribution is 0.368. The van der Waals surface area contributed by atoms with Crippen molar-refractivity contribution in [2.24, 2.45) is 5.92 Å². The Morgan fingerprint density at radius 2 is 2.20 bits per heavy atom. The second-order valence-electron chi connectivity index (χ2n) is 4.50. The second-order valence-corrected chi connectivity index (χ2v) is 4.50. The van der Waals surface area contributed by atoms with Crippen molar-refractivity contribution in [2.75, 3.05) is 13.1 Å². The second kappa shape index (κ2) is 5.31. The standard InChI is InChI=1S/C12H21N3/c1-2-3-11-9-14-12(15-11)8-10-4-6-13-7-5-10/h9-10,13H,2-8H2,1H3,(H,14,15). The van der Waals surface area contributed by atoms with E-state index in [0.29, 0.717) is 0 Å². The fourth-order valence-corrected chi connectivity index (χ4v) is 2.27. The monoisotopic (exact) mass is 207 g/mol. The zero-order valence-corrected chi connectivity index (χ0v) is 9.55. The molecule has 0 unspecified atom stereocenters. The summed E-state index contributed by atoms with van der Waals surface area (Å²) in [5.41, 5.74) is 1.29. The highest BCUT2D eigenvalue weighted by molar-refractivity contribution is 5.02. The van der Waals surface area contributed by atoms with Crippen LogP contribution in [0.4, 0.5) is 0 Å². The lowest BCUT2D eigenvalue weighted by atomic mass is 9.94. The SMILES string of the molecule is CCCc1cnc(CC2CCNCC2)[nH]1. The van der Waals surface area contributed by atoms with E-state index in [-0.39, 0.29) is 0 Å². The molecule has 3 nitrogen and oxygen atoms in total. The van der Waals surface area contributed by atoms with Gasteiger partial charge in [-0.25, -0.2) is 4.98 Å². The van der Waals surface area contributed by atoms with E-state index in [4.69, 9.17) is 0 Å². The number of hydrogen-bond acceptors (Lipinski definition) is 2. The predicted octanol–water partition coefficient (Wildman–Crippen LogP) is 1.90. The smallest absolute Gasteiger partial charge is 0.106 e. The summed E-state index contributed by atoms with van der Waals surface area (Å²) in [6.07, 6.45) is 8.03. The van der Waals surface area contributed by atoms with Crippen molar-refractivity contribution in [2.45, 2.75) is 39.0 Å². The summed E-state index contributed by atoms with van der Waals surface area (Å²) in [5, 5.41) is 3.40. The number of aromatic amines is 1. The summed E-state index contributed by atoms with van der Waals surface area (Å²) in [5.74, 6) is 2.01. The Labute approximate surface area is 91.7 Å². The maximum absolute atomic E-state index is 4.45. The molecule has 1 fully saturated rings. The van der Waals surface area contributed by atoms with Crippen molar-refractivity contribution in [1.29, 1.82) is 0 Å². The van der Waals surface area contributed by atoms with Crippen LogP contribution in [0.1, 0.15) is 37.7 Å². The Bertz CT molecular complexity index is 287. The van der Waals surface area contributed by atoms with E-state index in [1.165, 1.54) is 43.9 Å². The fraction of sp³-hybridized carbons (Fsp3) is 0.750. The molecule has 1 aromatic rings. The maximum Gasteiger partial charge on any atom is 0.106 e. The zero-order chi connectivity index (χ0) is 10.5. The number of aryl methyl sites for hydroxylation is 1. The first-order chi connectivity index (χ1) is 7.38. The number of rotatable bonds is 4. The molecule has 15 heavy (non-hydrogen) atoms. The van der Waals surface area contributed by atoms with E-state index >= 15 is 0 Å². The van der Waals surface area contributed by atoms with Crippen LogP contribution in [0.3, 0.4) is 0 Å². The minimum atomic E-state index is 0.826. The van der Waals surface area contributed by atoms with E-state index < -0.39 is 0 Å². The van der Waals surface area contributed by atoms with Crippen LogP contribution >= 0.6 is 0 Å². The Kier molecular flexibility index (Phi) is 3.78. The van der Waals surface area contributed by atoms with E-state index in [1.807, 2.05) is 6.20 Å². The van der Waals surface area contributed by atoms with E-state index in [2.05, 4.69) is 22.2 Å². The lowest BCUT2D eigenvalue weighted by Crippen LogP contribution is -2.28. The molecule has 0 spiro atoms. The molecule has 0 amide bonds. The van der Waals surface area contributed by atoms with Crippen LogP contribution in [0.25, 0.3) is 0 Å². The van der Waals surface area contributed by atoms with Gasteiger partial charge in [-0.05, 0) is 38.3 Å². The van der Waals surface area contributed by atoms with E-state index in [0.717, 1.165) is 18.8 Å². The maximum atomic E-state index is 4.45. The highest BCUT2D eigenvalue weighted by atomic mass is 14.9. The molecular formula is C12H21N3. The molecule has 0 saturated carbocycles. The van der Waals surface area contributed by atoms with Crippen molar-refractivity contribution in [1.82, 2.24) is 15.3 Å². The van der Waals surface area contributed by atoms with Crippen LogP contribution in [-0.2, 0) is 12.8 Å². The molecule has 1 aromatic heterocycles. The van der Waals surface area contributed by atoms with Crippen LogP contribution < -0.4 is 5.32 Å². The van der Waals surface area contributed by atoms with Crippen LogP contribution in [0.5, 0.6) is 0 Å². The molecule has 3 heteroatoms. The first kappa shape index (κ1) is 10.7. The Morgan fingerprint density at radius 3 is 2.93 bits per heavy atom. The zero-order valence-electron chi connectivity index (χ0n) is 9.55. The molecule has 2 heterocycles. The summed E-state index contributed by atoms with van der Waals surface area (Å²) in [7, 11) is 0. The van der Waals surface area contributed by atoms with Crippen LogP contribution in [0.15, 0.2) is 6.20 Å². The van der Waals surface area contributed by atoms with Gasteiger partial charge in [0, 0.05) is 18.3 Å². The molecule has 2 N–H and O–H groups in total. The molecule has 0 radical (unpaired) electrons. The molecule has 84 valence electrons. The van der Waals surface area contributed by atoms with Gasteiger partial charge in [0.1, 0.15) is 5.82 Å². The Balaban J connectivity index is 1.86. The summed E-state index contributed by atoms with van der Waals surface area (Å²) < 4.78 is 0. The van der Waals surface area contributed by atoms with Crippen molar-refractivity contribution in [3.8, 4) is 0 Å². The fourth-order valence-electron chi connectivity index (χ4n) is 2.27. The quantitative estimate of drug-likeness (QED) is 0.791. The molecular weight excluding hydrogens is 186 g/mol. The first-order valence-electron chi connectivity index (χ1n) is 6.12. The highest BCUT2D eigenvalue weighted by Gasteiger charge is 2.14. The van der Waals surface area contributed by atoms with Crippen molar-refractivity contribution in [3.63, 3.8) is 0 Å². The van der Waals surface area contributed by atoms with Gasteiger partial charge in [0.05, 0.1) is 0 Å². The average Bonchev–Trinajstić information content (AvgIpc) is 2.68. The third-order valence-electron chi connectivity index (χ3n) is 3.14. The largest absolute Gasteiger partial charge is 0.346 e. The summed E-state index contributed by atoms with van der Waals surface area (Å²) in [6, 6.07) is 0. The molecule has 0 atom stereocenters. The molecule has 1 saturated heterocycles. The minimum Gasteiger partial charge on any atom is -0.346 e. The average molecular weight is 207 g/mol. The minimum absolute atomic E-state index is 0.826. The lowest BCUT2D eigenvalue weighted by Gasteiger charge is -2.21. The highest BCUT2D eigenvalue weighted by Crippen LogP contribution is 2.16. The van der Waals surface area contributed by atoms with Gasteiger partial charge >= 0.3 is 0 Å². The first-order valence-corrected chi connectivity index (χ1v) is 6.12. The molecule has 1 aliphatic rings. The van der Waals surface area contributed by atoms with Crippen molar-refractivity contribution < 1.29 is 0 Å². The number of hydrogen-bond donors (Lipinski definition) is 2. The summed E-state index contributed by atoms with van der Waals surface area (Å²) in [6.45, 7) is 4.55. The number of aromatic nitrogens is 2. The van der Waals surface area contributed by atoms with Gasteiger partial charge in [-0.15, -0.1) is 0 Å². The third-order valence-corrected chi connectivity index (χ3v) is 3.14. The molecule has 2 rings (SSSR count). The Morgan fingerprint density at radius 1 is 1.40 bits per heavy atom. The van der Waals surface area contributed by atoms with Crippen LogP contribution in [0.2, 0.25) is 0 Å². The Hall–Kier alpha value is -0.830. The van der Waals surface area contributed by atoms with Gasteiger partial charge in [-0.3, -0.25) is 0 Å². The van der Waals surface area contributed by atoms with Gasteiger partial charge in [-0.2, -0.15) is 0 Å². The van der Waals surface area contributed by atoms with E-state index in [1.54, 1.807) is 0 Å². The van der Waals surface area contributed by atoms with Gasteiger partial charge in [-0.1, -0.05) is 13.3 Å². The molecule has 0 bridgehead atoms. The van der Waals surface area contributed by atoms with Crippen LogP contribution in [0, 0.1) is 5.92 Å². The third kappa shape index (κ3) is 3.06. The number of H-pyrrole nitrogens is 1. The molecule has 0 aliphatic carbocycles. The number of imidazole rings is 1. The summed E-state index contributed by atoms with van der Waals surface area (Å²) >= 11 is 0. The molecule has 0 aromatic carbocycles. The normalized spacial score (nSPS) is 18.2. The summed E-state index contributed by atoms with van der Waals surface area (Å²) in [4.78, 5) is 7.88. The van der Waals surface area contributed by atoms with Crippen LogP contribution in [-0.4, -0.2) is 23.1 Å². The van der Waals surface area contributed by atoms with Crippen molar-refractivity contribution >= 4 is 0 Å². The number of nitrogens with one attached hydrogen (secondary N) is 2. The predicted molar refractivity (Wildman–Crippen MR) is 61.9 cm³/mol. The van der Waals surface area contributed by atoms with Gasteiger partial charge in [0.25, 0.3) is 0 Å². The van der Waals surface area contributed by atoms with Gasteiger partial charge < -0.3 is 10.3 Å². The number of piperidine rings is 1. The number of nitrogens with zero attached hydrogens (tertiary/aromatic N) is 1. The van der Waals surface area contributed by atoms with E-state index in [9.17, 15) is 0 Å².